The number of Topliss-reactive ketones (excluding diaryl/α,β-unsaturated/α-hetero) is 1. The smallest absolute Gasteiger partial charge is 0.205 e. The number of aromatic amines is 1. The van der Waals surface area contributed by atoms with E-state index in [9.17, 15) is 9.59 Å². The van der Waals surface area contributed by atoms with Gasteiger partial charge >= 0.3 is 0 Å². The lowest BCUT2D eigenvalue weighted by Crippen LogP contribution is -2.04. The zero-order valence-electron chi connectivity index (χ0n) is 17.0. The zero-order valence-corrected chi connectivity index (χ0v) is 17.8. The lowest BCUT2D eigenvalue weighted by molar-refractivity contribution is 0.101. The SMILES string of the molecule is CC(=O)c1c(C)nc2sc(C(=O)c3ccccc3)c(N)c2c1-c1c[nH]c2ccccc12. The second-order valence-corrected chi connectivity index (χ2v) is 8.47. The van der Waals surface area contributed by atoms with E-state index in [-0.39, 0.29) is 11.6 Å². The predicted molar refractivity (Wildman–Crippen MR) is 126 cm³/mol. The lowest BCUT2D eigenvalue weighted by Gasteiger charge is -2.12. The number of carbonyl (C=O) groups excluding carboxylic acids is 2. The fourth-order valence-electron chi connectivity index (χ4n) is 4.13. The number of benzene rings is 2. The molecule has 3 N–H and O–H groups in total. The largest absolute Gasteiger partial charge is 0.397 e. The van der Waals surface area contributed by atoms with Crippen LogP contribution in [0, 0.1) is 6.92 Å². The first kappa shape index (κ1) is 19.2. The monoisotopic (exact) mass is 425 g/mol. The van der Waals surface area contributed by atoms with Crippen molar-refractivity contribution in [1.82, 2.24) is 9.97 Å². The standard InChI is InChI=1S/C25H19N3O2S/c1-13-19(14(2)29)20(17-12-27-18-11-7-6-10-16(17)18)21-22(26)24(31-25(21)28-13)23(30)15-8-4-3-5-9-15/h3-12,27H,26H2,1-2H3. The van der Waals surface area contributed by atoms with Crippen LogP contribution in [0.15, 0.2) is 60.8 Å². The van der Waals surface area contributed by atoms with Gasteiger partial charge in [0, 0.05) is 44.7 Å². The normalized spacial score (nSPS) is 11.3. The van der Waals surface area contributed by atoms with Gasteiger partial charge in [-0.3, -0.25) is 9.59 Å². The number of nitrogens with two attached hydrogens (primary N) is 1. The van der Waals surface area contributed by atoms with Crippen LogP contribution in [-0.2, 0) is 0 Å². The minimum absolute atomic E-state index is 0.0892. The number of rotatable bonds is 4. The number of thiophene rings is 1. The molecule has 2 aromatic carbocycles. The van der Waals surface area contributed by atoms with E-state index in [1.54, 1.807) is 12.1 Å². The number of ketones is 2. The Morgan fingerprint density at radius 2 is 1.74 bits per heavy atom. The molecule has 0 aliphatic rings. The number of hydrogen-bond acceptors (Lipinski definition) is 5. The number of para-hydroxylation sites is 1. The number of nitrogen functional groups attached to an aromatic ring is 1. The van der Waals surface area contributed by atoms with Crippen molar-refractivity contribution in [2.24, 2.45) is 0 Å². The highest BCUT2D eigenvalue weighted by atomic mass is 32.1. The number of anilines is 1. The highest BCUT2D eigenvalue weighted by Gasteiger charge is 2.26. The first-order valence-electron chi connectivity index (χ1n) is 9.87. The highest BCUT2D eigenvalue weighted by molar-refractivity contribution is 7.21. The Morgan fingerprint density at radius 1 is 1.03 bits per heavy atom. The Bertz CT molecular complexity index is 1500. The number of aryl methyl sites for hydroxylation is 1. The van der Waals surface area contributed by atoms with Gasteiger partial charge in [-0.25, -0.2) is 4.98 Å². The average molecular weight is 426 g/mol. The van der Waals surface area contributed by atoms with E-state index in [1.165, 1.54) is 18.3 Å². The molecule has 5 aromatic rings. The zero-order chi connectivity index (χ0) is 21.7. The molecule has 0 bridgehead atoms. The molecule has 0 unspecified atom stereocenters. The quantitative estimate of drug-likeness (QED) is 0.358. The fourth-order valence-corrected chi connectivity index (χ4v) is 5.25. The van der Waals surface area contributed by atoms with Crippen LogP contribution in [0.1, 0.15) is 38.2 Å². The molecule has 31 heavy (non-hydrogen) atoms. The Labute approximate surface area is 182 Å². The predicted octanol–water partition coefficient (Wildman–Crippen LogP) is 5.77. The summed E-state index contributed by atoms with van der Waals surface area (Å²) in [4.78, 5) is 34.9. The number of hydrogen-bond donors (Lipinski definition) is 2. The first-order valence-corrected chi connectivity index (χ1v) is 10.7. The molecule has 0 amide bonds. The molecule has 5 rings (SSSR count). The summed E-state index contributed by atoms with van der Waals surface area (Å²) >= 11 is 1.27. The van der Waals surface area contributed by atoms with Gasteiger partial charge in [0.05, 0.1) is 11.4 Å². The molecule has 5 nitrogen and oxygen atoms in total. The van der Waals surface area contributed by atoms with E-state index in [0.29, 0.717) is 37.6 Å². The summed E-state index contributed by atoms with van der Waals surface area (Å²) in [5.41, 5.74) is 11.2. The topological polar surface area (TPSA) is 88.8 Å². The minimum atomic E-state index is -0.145. The third-order valence-electron chi connectivity index (χ3n) is 5.51. The molecule has 0 aliphatic carbocycles. The molecule has 6 heteroatoms. The molecule has 0 radical (unpaired) electrons. The lowest BCUT2D eigenvalue weighted by atomic mass is 9.93. The van der Waals surface area contributed by atoms with Crippen molar-refractivity contribution in [3.8, 4) is 11.1 Å². The second-order valence-electron chi connectivity index (χ2n) is 7.47. The molecule has 152 valence electrons. The summed E-state index contributed by atoms with van der Waals surface area (Å²) in [5, 5.41) is 1.64. The summed E-state index contributed by atoms with van der Waals surface area (Å²) in [7, 11) is 0. The number of aromatic nitrogens is 2. The Morgan fingerprint density at radius 3 is 2.48 bits per heavy atom. The third kappa shape index (κ3) is 2.95. The van der Waals surface area contributed by atoms with Gasteiger partial charge in [-0.05, 0) is 19.9 Å². The Kier molecular flexibility index (Phi) is 4.45. The van der Waals surface area contributed by atoms with Crippen LogP contribution in [0.5, 0.6) is 0 Å². The summed E-state index contributed by atoms with van der Waals surface area (Å²) < 4.78 is 0. The molecule has 0 aliphatic heterocycles. The van der Waals surface area contributed by atoms with E-state index in [0.717, 1.165) is 22.0 Å². The maximum absolute atomic E-state index is 13.2. The third-order valence-corrected chi connectivity index (χ3v) is 6.61. The van der Waals surface area contributed by atoms with E-state index in [1.807, 2.05) is 55.6 Å². The van der Waals surface area contributed by atoms with Crippen molar-refractivity contribution in [3.63, 3.8) is 0 Å². The Hall–Kier alpha value is -3.77. The Balaban J connectivity index is 1.87. The summed E-state index contributed by atoms with van der Waals surface area (Å²) in [6.45, 7) is 3.36. The molecule has 0 saturated carbocycles. The molecular formula is C25H19N3O2S. The maximum atomic E-state index is 13.2. The second kappa shape index (κ2) is 7.18. The highest BCUT2D eigenvalue weighted by Crippen LogP contribution is 2.44. The van der Waals surface area contributed by atoms with Gasteiger partial charge in [0.1, 0.15) is 9.71 Å². The van der Waals surface area contributed by atoms with E-state index in [2.05, 4.69) is 9.97 Å². The van der Waals surface area contributed by atoms with Gasteiger partial charge in [0.25, 0.3) is 0 Å². The van der Waals surface area contributed by atoms with Crippen LogP contribution in [0.2, 0.25) is 0 Å². The summed E-state index contributed by atoms with van der Waals surface area (Å²) in [5.74, 6) is -0.235. The maximum Gasteiger partial charge on any atom is 0.205 e. The van der Waals surface area contributed by atoms with Crippen molar-refractivity contribution in [2.45, 2.75) is 13.8 Å². The van der Waals surface area contributed by atoms with E-state index < -0.39 is 0 Å². The molecule has 3 aromatic heterocycles. The molecule has 0 atom stereocenters. The number of nitrogens with zero attached hydrogens (tertiary/aromatic N) is 1. The number of carbonyl (C=O) groups is 2. The van der Waals surface area contributed by atoms with Crippen molar-refractivity contribution in [3.05, 3.63) is 82.5 Å². The number of pyridine rings is 1. The van der Waals surface area contributed by atoms with Crippen LogP contribution >= 0.6 is 11.3 Å². The molecule has 0 spiro atoms. The van der Waals surface area contributed by atoms with Gasteiger partial charge in [0.2, 0.25) is 5.78 Å². The average Bonchev–Trinajstić information content (AvgIpc) is 3.34. The summed E-state index contributed by atoms with van der Waals surface area (Å²) in [6.07, 6.45) is 1.89. The fraction of sp³-hybridized carbons (Fsp3) is 0.0800. The van der Waals surface area contributed by atoms with Gasteiger partial charge in [0.15, 0.2) is 5.78 Å². The van der Waals surface area contributed by atoms with Gasteiger partial charge in [-0.1, -0.05) is 48.5 Å². The molecular weight excluding hydrogens is 406 g/mol. The van der Waals surface area contributed by atoms with Crippen LogP contribution in [0.25, 0.3) is 32.2 Å². The number of fused-ring (bicyclic) bond motifs is 2. The van der Waals surface area contributed by atoms with Crippen molar-refractivity contribution in [1.29, 1.82) is 0 Å². The summed E-state index contributed by atoms with van der Waals surface area (Å²) in [6, 6.07) is 17.0. The van der Waals surface area contributed by atoms with E-state index >= 15 is 0 Å². The van der Waals surface area contributed by atoms with Crippen LogP contribution in [0.4, 0.5) is 5.69 Å². The van der Waals surface area contributed by atoms with Crippen LogP contribution in [-0.4, -0.2) is 21.5 Å². The van der Waals surface area contributed by atoms with Crippen molar-refractivity contribution in [2.75, 3.05) is 5.73 Å². The van der Waals surface area contributed by atoms with Crippen molar-refractivity contribution < 1.29 is 9.59 Å². The number of H-pyrrole nitrogens is 1. The molecule has 0 fully saturated rings. The van der Waals surface area contributed by atoms with E-state index in [4.69, 9.17) is 5.73 Å². The molecule has 3 heterocycles. The van der Waals surface area contributed by atoms with Crippen LogP contribution < -0.4 is 5.73 Å². The molecule has 0 saturated heterocycles. The van der Waals surface area contributed by atoms with Crippen LogP contribution in [0.3, 0.4) is 0 Å². The first-order chi connectivity index (χ1) is 15.0. The number of nitrogens with one attached hydrogen (secondary N) is 1. The minimum Gasteiger partial charge on any atom is -0.397 e. The van der Waals surface area contributed by atoms with Gasteiger partial charge < -0.3 is 10.7 Å². The van der Waals surface area contributed by atoms with Gasteiger partial charge in [-0.2, -0.15) is 0 Å². The van der Waals surface area contributed by atoms with Crippen molar-refractivity contribution >= 4 is 49.7 Å². The van der Waals surface area contributed by atoms with Gasteiger partial charge in [-0.15, -0.1) is 11.3 Å².